The summed E-state index contributed by atoms with van der Waals surface area (Å²) in [5.74, 6) is 1.87. The molecule has 1 aliphatic rings. The van der Waals surface area contributed by atoms with Crippen LogP contribution in [-0.2, 0) is 4.79 Å². The van der Waals surface area contributed by atoms with Gasteiger partial charge in [0, 0.05) is 18.2 Å². The molecule has 0 saturated carbocycles. The molecule has 1 aromatic carbocycles. The van der Waals surface area contributed by atoms with Gasteiger partial charge in [0.15, 0.2) is 11.5 Å². The van der Waals surface area contributed by atoms with Gasteiger partial charge in [0.05, 0.1) is 13.7 Å². The molecule has 1 heterocycles. The fraction of sp³-hybridized carbons (Fsp3) is 0.562. The van der Waals surface area contributed by atoms with Gasteiger partial charge in [-0.05, 0) is 50.9 Å². The van der Waals surface area contributed by atoms with E-state index in [1.54, 1.807) is 7.11 Å². The van der Waals surface area contributed by atoms with Crippen LogP contribution in [0.4, 0.5) is 5.69 Å². The van der Waals surface area contributed by atoms with Gasteiger partial charge in [0.25, 0.3) is 0 Å². The van der Waals surface area contributed by atoms with Crippen LogP contribution in [0.2, 0.25) is 0 Å². The van der Waals surface area contributed by atoms with E-state index in [1.807, 2.05) is 25.1 Å². The summed E-state index contributed by atoms with van der Waals surface area (Å²) in [6, 6.07) is 5.45. The molecule has 5 heteroatoms. The molecule has 116 valence electrons. The summed E-state index contributed by atoms with van der Waals surface area (Å²) in [6.45, 7) is 4.49. The number of carbonyl (C=O) groups excluding carboxylic acids is 1. The Labute approximate surface area is 126 Å². The molecule has 0 aromatic heterocycles. The van der Waals surface area contributed by atoms with Gasteiger partial charge in [0.2, 0.25) is 5.91 Å². The van der Waals surface area contributed by atoms with Crippen LogP contribution in [0.5, 0.6) is 11.5 Å². The van der Waals surface area contributed by atoms with E-state index in [2.05, 4.69) is 10.6 Å². The first-order chi connectivity index (χ1) is 10.2. The van der Waals surface area contributed by atoms with E-state index in [0.717, 1.165) is 31.6 Å². The maximum atomic E-state index is 12.1. The predicted octanol–water partition coefficient (Wildman–Crippen LogP) is 2.42. The van der Waals surface area contributed by atoms with E-state index >= 15 is 0 Å². The molecule has 1 amide bonds. The van der Waals surface area contributed by atoms with Crippen LogP contribution in [0.3, 0.4) is 0 Å². The van der Waals surface area contributed by atoms with Crippen molar-refractivity contribution in [1.29, 1.82) is 0 Å². The SMILES string of the molecule is CCOc1cc(NC(=O)CC2CCNCC2)ccc1OC. The average Bonchev–Trinajstić information content (AvgIpc) is 2.49. The Morgan fingerprint density at radius 2 is 2.10 bits per heavy atom. The Balaban J connectivity index is 1.94. The van der Waals surface area contributed by atoms with E-state index < -0.39 is 0 Å². The molecule has 0 atom stereocenters. The van der Waals surface area contributed by atoms with Crippen molar-refractivity contribution in [3.05, 3.63) is 18.2 Å². The molecule has 2 rings (SSSR count). The number of methoxy groups -OCH3 is 1. The zero-order chi connectivity index (χ0) is 15.1. The summed E-state index contributed by atoms with van der Waals surface area (Å²) in [6.07, 6.45) is 2.72. The summed E-state index contributed by atoms with van der Waals surface area (Å²) in [5.41, 5.74) is 0.748. The third-order valence-corrected chi connectivity index (χ3v) is 3.68. The van der Waals surface area contributed by atoms with Gasteiger partial charge in [0.1, 0.15) is 0 Å². The normalized spacial score (nSPS) is 15.5. The number of hydrogen-bond acceptors (Lipinski definition) is 4. The molecule has 1 fully saturated rings. The molecule has 0 radical (unpaired) electrons. The van der Waals surface area contributed by atoms with Crippen molar-refractivity contribution in [2.45, 2.75) is 26.2 Å². The molecule has 5 nitrogen and oxygen atoms in total. The number of carbonyl (C=O) groups is 1. The first-order valence-electron chi connectivity index (χ1n) is 7.54. The second-order valence-electron chi connectivity index (χ2n) is 5.24. The number of amides is 1. The van der Waals surface area contributed by atoms with Crippen LogP contribution in [-0.4, -0.2) is 32.7 Å². The molecule has 0 unspecified atom stereocenters. The summed E-state index contributed by atoms with van der Waals surface area (Å²) < 4.78 is 10.8. The lowest BCUT2D eigenvalue weighted by molar-refractivity contribution is -0.117. The Hall–Kier alpha value is -1.75. The lowest BCUT2D eigenvalue weighted by Gasteiger charge is -2.22. The highest BCUT2D eigenvalue weighted by Crippen LogP contribution is 2.30. The minimum Gasteiger partial charge on any atom is -0.493 e. The first-order valence-corrected chi connectivity index (χ1v) is 7.54. The minimum atomic E-state index is 0.0644. The molecule has 1 saturated heterocycles. The van der Waals surface area contributed by atoms with Gasteiger partial charge < -0.3 is 20.1 Å². The van der Waals surface area contributed by atoms with Gasteiger partial charge in [-0.25, -0.2) is 0 Å². The molecular formula is C16H24N2O3. The first kappa shape index (κ1) is 15.6. The Morgan fingerprint density at radius 1 is 1.33 bits per heavy atom. The van der Waals surface area contributed by atoms with E-state index in [-0.39, 0.29) is 5.91 Å². The highest BCUT2D eigenvalue weighted by atomic mass is 16.5. The summed E-state index contributed by atoms with van der Waals surface area (Å²) in [7, 11) is 1.60. The predicted molar refractivity (Wildman–Crippen MR) is 83.0 cm³/mol. The highest BCUT2D eigenvalue weighted by Gasteiger charge is 2.17. The Kier molecular flexibility index (Phi) is 5.87. The van der Waals surface area contributed by atoms with Gasteiger partial charge in [-0.2, -0.15) is 0 Å². The molecule has 2 N–H and O–H groups in total. The number of hydrogen-bond donors (Lipinski definition) is 2. The van der Waals surface area contributed by atoms with E-state index in [0.29, 0.717) is 30.4 Å². The van der Waals surface area contributed by atoms with Crippen LogP contribution in [0.25, 0.3) is 0 Å². The van der Waals surface area contributed by atoms with Crippen molar-refractivity contribution in [1.82, 2.24) is 5.32 Å². The third-order valence-electron chi connectivity index (χ3n) is 3.68. The van der Waals surface area contributed by atoms with E-state index in [4.69, 9.17) is 9.47 Å². The van der Waals surface area contributed by atoms with Gasteiger partial charge in [-0.15, -0.1) is 0 Å². The fourth-order valence-corrected chi connectivity index (χ4v) is 2.58. The number of rotatable bonds is 6. The van der Waals surface area contributed by atoms with Crippen molar-refractivity contribution >= 4 is 11.6 Å². The van der Waals surface area contributed by atoms with Crippen molar-refractivity contribution < 1.29 is 14.3 Å². The van der Waals surface area contributed by atoms with Crippen LogP contribution < -0.4 is 20.1 Å². The van der Waals surface area contributed by atoms with Crippen LogP contribution in [0.1, 0.15) is 26.2 Å². The Bertz CT molecular complexity index is 471. The molecule has 0 spiro atoms. The van der Waals surface area contributed by atoms with E-state index in [1.165, 1.54) is 0 Å². The van der Waals surface area contributed by atoms with Gasteiger partial charge >= 0.3 is 0 Å². The maximum Gasteiger partial charge on any atom is 0.224 e. The Morgan fingerprint density at radius 3 is 2.76 bits per heavy atom. The smallest absolute Gasteiger partial charge is 0.224 e. The summed E-state index contributed by atoms with van der Waals surface area (Å²) in [5, 5.41) is 6.25. The highest BCUT2D eigenvalue weighted by molar-refractivity contribution is 5.91. The quantitative estimate of drug-likeness (QED) is 0.845. The number of anilines is 1. The van der Waals surface area contributed by atoms with Crippen LogP contribution >= 0.6 is 0 Å². The van der Waals surface area contributed by atoms with Crippen molar-refractivity contribution in [2.24, 2.45) is 5.92 Å². The largest absolute Gasteiger partial charge is 0.493 e. The molecule has 1 aliphatic heterocycles. The van der Waals surface area contributed by atoms with E-state index in [9.17, 15) is 4.79 Å². The zero-order valence-corrected chi connectivity index (χ0v) is 12.8. The molecule has 1 aromatic rings. The van der Waals surface area contributed by atoms with Gasteiger partial charge in [-0.1, -0.05) is 0 Å². The third kappa shape index (κ3) is 4.63. The molecule has 0 aliphatic carbocycles. The van der Waals surface area contributed by atoms with Crippen molar-refractivity contribution in [3.8, 4) is 11.5 Å². The monoisotopic (exact) mass is 292 g/mol. The number of benzene rings is 1. The van der Waals surface area contributed by atoms with Crippen LogP contribution in [0, 0.1) is 5.92 Å². The average molecular weight is 292 g/mol. The number of piperidine rings is 1. The maximum absolute atomic E-state index is 12.1. The number of ether oxygens (including phenoxy) is 2. The summed E-state index contributed by atoms with van der Waals surface area (Å²) >= 11 is 0. The minimum absolute atomic E-state index is 0.0644. The molecular weight excluding hydrogens is 268 g/mol. The standard InChI is InChI=1S/C16H24N2O3/c1-3-21-15-11-13(4-5-14(15)20-2)18-16(19)10-12-6-8-17-9-7-12/h4-5,11-12,17H,3,6-10H2,1-2H3,(H,18,19). The van der Waals surface area contributed by atoms with Crippen molar-refractivity contribution in [2.75, 3.05) is 32.1 Å². The second-order valence-corrected chi connectivity index (χ2v) is 5.24. The lowest BCUT2D eigenvalue weighted by atomic mass is 9.94. The molecule has 0 bridgehead atoms. The van der Waals surface area contributed by atoms with Crippen LogP contribution in [0.15, 0.2) is 18.2 Å². The summed E-state index contributed by atoms with van der Waals surface area (Å²) in [4.78, 5) is 12.1. The molecule has 21 heavy (non-hydrogen) atoms. The second kappa shape index (κ2) is 7.88. The van der Waals surface area contributed by atoms with Gasteiger partial charge in [-0.3, -0.25) is 4.79 Å². The number of nitrogens with one attached hydrogen (secondary N) is 2. The fourth-order valence-electron chi connectivity index (χ4n) is 2.58. The zero-order valence-electron chi connectivity index (χ0n) is 12.8. The van der Waals surface area contributed by atoms with Crippen molar-refractivity contribution in [3.63, 3.8) is 0 Å². The lowest BCUT2D eigenvalue weighted by Crippen LogP contribution is -2.30. The topological polar surface area (TPSA) is 59.6 Å².